The molecule has 3 heteroatoms. The van der Waals surface area contributed by atoms with E-state index < -0.39 is 0 Å². The Hall–Kier alpha value is -1.06. The van der Waals surface area contributed by atoms with Crippen molar-refractivity contribution in [3.63, 3.8) is 0 Å². The number of nitrogens with one attached hydrogen (secondary N) is 1. The summed E-state index contributed by atoms with van der Waals surface area (Å²) in [6, 6.07) is 9.03. The highest BCUT2D eigenvalue weighted by Gasteiger charge is 2.20. The molecule has 17 heavy (non-hydrogen) atoms. The molecule has 0 radical (unpaired) electrons. The van der Waals surface area contributed by atoms with Gasteiger partial charge in [-0.15, -0.1) is 0 Å². The van der Waals surface area contributed by atoms with Gasteiger partial charge in [-0.25, -0.2) is 0 Å². The first-order valence-corrected chi connectivity index (χ1v) is 6.44. The Balaban J connectivity index is 2.10. The highest BCUT2D eigenvalue weighted by Crippen LogP contribution is 2.26. The van der Waals surface area contributed by atoms with Gasteiger partial charge in [-0.1, -0.05) is 19.1 Å². The van der Waals surface area contributed by atoms with Gasteiger partial charge >= 0.3 is 0 Å². The van der Waals surface area contributed by atoms with Crippen molar-refractivity contribution < 1.29 is 4.74 Å². The Kier molecular flexibility index (Phi) is 4.40. The van der Waals surface area contributed by atoms with Gasteiger partial charge in [0, 0.05) is 32.2 Å². The maximum absolute atomic E-state index is 5.20. The van der Waals surface area contributed by atoms with Crippen molar-refractivity contribution in [2.45, 2.75) is 19.4 Å². The molecule has 1 atom stereocenters. The molecule has 0 saturated carbocycles. The lowest BCUT2D eigenvalue weighted by Crippen LogP contribution is -2.45. The molecule has 1 heterocycles. The predicted molar refractivity (Wildman–Crippen MR) is 70.5 cm³/mol. The Morgan fingerprint density at radius 2 is 1.88 bits per heavy atom. The van der Waals surface area contributed by atoms with Crippen molar-refractivity contribution in [3.8, 4) is 5.75 Å². The number of piperazine rings is 1. The summed E-state index contributed by atoms with van der Waals surface area (Å²) in [5.74, 6) is 0.934. The average molecular weight is 234 g/mol. The minimum absolute atomic E-state index is 0.544. The summed E-state index contributed by atoms with van der Waals surface area (Å²) in [7, 11) is 1.71. The topological polar surface area (TPSA) is 24.5 Å². The number of rotatable bonds is 4. The highest BCUT2D eigenvalue weighted by atomic mass is 16.5. The molecule has 1 N–H and O–H groups in total. The number of methoxy groups -OCH3 is 1. The normalized spacial score (nSPS) is 18.9. The van der Waals surface area contributed by atoms with Crippen LogP contribution in [0.1, 0.15) is 24.9 Å². The second kappa shape index (κ2) is 6.03. The summed E-state index contributed by atoms with van der Waals surface area (Å²) in [6.07, 6.45) is 1.16. The van der Waals surface area contributed by atoms with Gasteiger partial charge < -0.3 is 10.1 Å². The number of nitrogens with zero attached hydrogens (tertiary/aromatic N) is 1. The molecule has 0 aromatic heterocycles. The lowest BCUT2D eigenvalue weighted by molar-refractivity contribution is 0.169. The lowest BCUT2D eigenvalue weighted by atomic mass is 10.0. The number of ether oxygens (including phenoxy) is 1. The molecule has 0 aliphatic carbocycles. The van der Waals surface area contributed by atoms with Crippen LogP contribution in [0.2, 0.25) is 0 Å². The SMILES string of the molecule is CC[C@@H](c1ccc(OC)cc1)N1CCNCC1. The molecule has 94 valence electrons. The molecule has 1 aliphatic rings. The van der Waals surface area contributed by atoms with Crippen LogP contribution >= 0.6 is 0 Å². The Morgan fingerprint density at radius 1 is 1.24 bits per heavy atom. The van der Waals surface area contributed by atoms with E-state index in [-0.39, 0.29) is 0 Å². The maximum atomic E-state index is 5.20. The van der Waals surface area contributed by atoms with Gasteiger partial charge in [0.2, 0.25) is 0 Å². The van der Waals surface area contributed by atoms with Crippen molar-refractivity contribution in [2.75, 3.05) is 33.3 Å². The molecule has 1 aliphatic heterocycles. The largest absolute Gasteiger partial charge is 0.497 e. The fourth-order valence-electron chi connectivity index (χ4n) is 2.52. The van der Waals surface area contributed by atoms with Crippen LogP contribution in [0.15, 0.2) is 24.3 Å². The standard InChI is InChI=1S/C14H22N2O/c1-3-14(16-10-8-15-9-11-16)12-4-6-13(17-2)7-5-12/h4-7,14-15H,3,8-11H2,1-2H3/t14-/m0/s1. The van der Waals surface area contributed by atoms with E-state index in [4.69, 9.17) is 4.74 Å². The zero-order valence-electron chi connectivity index (χ0n) is 10.8. The van der Waals surface area contributed by atoms with Gasteiger partial charge in [0.15, 0.2) is 0 Å². The van der Waals surface area contributed by atoms with Gasteiger partial charge in [-0.05, 0) is 24.1 Å². The van der Waals surface area contributed by atoms with Crippen molar-refractivity contribution in [2.24, 2.45) is 0 Å². The van der Waals surface area contributed by atoms with Crippen LogP contribution in [0.3, 0.4) is 0 Å². The fourth-order valence-corrected chi connectivity index (χ4v) is 2.52. The van der Waals surface area contributed by atoms with E-state index in [2.05, 4.69) is 41.4 Å². The first-order chi connectivity index (χ1) is 8.35. The molecule has 0 spiro atoms. The molecular formula is C14H22N2O. The smallest absolute Gasteiger partial charge is 0.118 e. The van der Waals surface area contributed by atoms with E-state index in [9.17, 15) is 0 Å². The highest BCUT2D eigenvalue weighted by molar-refractivity contribution is 5.29. The average Bonchev–Trinajstić information content (AvgIpc) is 2.42. The summed E-state index contributed by atoms with van der Waals surface area (Å²) >= 11 is 0. The second-order valence-corrected chi connectivity index (χ2v) is 4.48. The molecule has 0 amide bonds. The van der Waals surface area contributed by atoms with Gasteiger partial charge in [-0.3, -0.25) is 4.90 Å². The van der Waals surface area contributed by atoms with Crippen molar-refractivity contribution in [1.29, 1.82) is 0 Å². The summed E-state index contributed by atoms with van der Waals surface area (Å²) in [4.78, 5) is 2.57. The van der Waals surface area contributed by atoms with Crippen LogP contribution in [-0.2, 0) is 0 Å². The first kappa shape index (κ1) is 12.4. The lowest BCUT2D eigenvalue weighted by Gasteiger charge is -2.34. The van der Waals surface area contributed by atoms with Crippen molar-refractivity contribution in [1.82, 2.24) is 10.2 Å². The van der Waals surface area contributed by atoms with Crippen molar-refractivity contribution in [3.05, 3.63) is 29.8 Å². The quantitative estimate of drug-likeness (QED) is 0.863. The molecule has 1 saturated heterocycles. The zero-order valence-corrected chi connectivity index (χ0v) is 10.8. The molecule has 3 nitrogen and oxygen atoms in total. The third kappa shape index (κ3) is 2.99. The van der Waals surface area contributed by atoms with Crippen LogP contribution < -0.4 is 10.1 Å². The molecule has 1 fully saturated rings. The van der Waals surface area contributed by atoms with E-state index in [0.29, 0.717) is 6.04 Å². The number of benzene rings is 1. The van der Waals surface area contributed by atoms with Crippen LogP contribution in [0, 0.1) is 0 Å². The minimum atomic E-state index is 0.544. The molecule has 0 unspecified atom stereocenters. The molecule has 0 bridgehead atoms. The van der Waals surface area contributed by atoms with E-state index in [1.54, 1.807) is 7.11 Å². The number of hydrogen-bond acceptors (Lipinski definition) is 3. The summed E-state index contributed by atoms with van der Waals surface area (Å²) in [5.41, 5.74) is 1.40. The summed E-state index contributed by atoms with van der Waals surface area (Å²) < 4.78 is 5.20. The van der Waals surface area contributed by atoms with Crippen molar-refractivity contribution >= 4 is 0 Å². The summed E-state index contributed by atoms with van der Waals surface area (Å²) in [6.45, 7) is 6.76. The number of hydrogen-bond donors (Lipinski definition) is 1. The molecule has 1 aromatic rings. The minimum Gasteiger partial charge on any atom is -0.497 e. The van der Waals surface area contributed by atoms with Crippen LogP contribution in [-0.4, -0.2) is 38.2 Å². The zero-order chi connectivity index (χ0) is 12.1. The second-order valence-electron chi connectivity index (χ2n) is 4.48. The van der Waals surface area contributed by atoms with E-state index in [0.717, 1.165) is 38.3 Å². The monoisotopic (exact) mass is 234 g/mol. The molecule has 1 aromatic carbocycles. The van der Waals surface area contributed by atoms with Crippen LogP contribution in [0.5, 0.6) is 5.75 Å². The third-order valence-corrected chi connectivity index (χ3v) is 3.48. The fraction of sp³-hybridized carbons (Fsp3) is 0.571. The Labute approximate surface area is 104 Å². The van der Waals surface area contributed by atoms with Gasteiger partial charge in [0.25, 0.3) is 0 Å². The molecule has 2 rings (SSSR count). The van der Waals surface area contributed by atoms with E-state index in [1.807, 2.05) is 0 Å². The van der Waals surface area contributed by atoms with Gasteiger partial charge in [-0.2, -0.15) is 0 Å². The summed E-state index contributed by atoms with van der Waals surface area (Å²) in [5, 5.41) is 3.40. The third-order valence-electron chi connectivity index (χ3n) is 3.48. The predicted octanol–water partition coefficient (Wildman–Crippen LogP) is 2.05. The molecular weight excluding hydrogens is 212 g/mol. The Morgan fingerprint density at radius 3 is 2.41 bits per heavy atom. The maximum Gasteiger partial charge on any atom is 0.118 e. The first-order valence-electron chi connectivity index (χ1n) is 6.44. The van der Waals surface area contributed by atoms with E-state index >= 15 is 0 Å². The van der Waals surface area contributed by atoms with Gasteiger partial charge in [0.1, 0.15) is 5.75 Å². The van der Waals surface area contributed by atoms with Crippen LogP contribution in [0.25, 0.3) is 0 Å². The van der Waals surface area contributed by atoms with Crippen LogP contribution in [0.4, 0.5) is 0 Å². The Bertz CT molecular complexity index is 331. The van der Waals surface area contributed by atoms with Gasteiger partial charge in [0.05, 0.1) is 7.11 Å². The van der Waals surface area contributed by atoms with E-state index in [1.165, 1.54) is 5.56 Å².